The van der Waals surface area contributed by atoms with Gasteiger partial charge in [-0.3, -0.25) is 4.68 Å². The SMILES string of the molecule is CCCn1cc(N)c(C)n1. The van der Waals surface area contributed by atoms with Crippen LogP contribution in [0.2, 0.25) is 0 Å². The fourth-order valence-corrected chi connectivity index (χ4v) is 0.877. The minimum Gasteiger partial charge on any atom is -0.396 e. The Morgan fingerprint density at radius 3 is 2.80 bits per heavy atom. The van der Waals surface area contributed by atoms with Crippen molar-refractivity contribution in [3.63, 3.8) is 0 Å². The predicted molar refractivity (Wildman–Crippen MR) is 41.7 cm³/mol. The monoisotopic (exact) mass is 139 g/mol. The third kappa shape index (κ3) is 1.29. The van der Waals surface area contributed by atoms with Crippen LogP contribution in [0.25, 0.3) is 0 Å². The molecule has 1 heterocycles. The second-order valence-corrected chi connectivity index (χ2v) is 2.43. The Kier molecular flexibility index (Phi) is 1.94. The molecule has 0 aliphatic rings. The molecule has 0 saturated heterocycles. The molecular weight excluding hydrogens is 126 g/mol. The van der Waals surface area contributed by atoms with Crippen LogP contribution in [-0.2, 0) is 6.54 Å². The van der Waals surface area contributed by atoms with Gasteiger partial charge >= 0.3 is 0 Å². The number of nitrogens with two attached hydrogens (primary N) is 1. The van der Waals surface area contributed by atoms with Gasteiger partial charge < -0.3 is 5.73 Å². The van der Waals surface area contributed by atoms with E-state index in [1.165, 1.54) is 0 Å². The van der Waals surface area contributed by atoms with Gasteiger partial charge in [-0.15, -0.1) is 0 Å². The first-order valence-electron chi connectivity index (χ1n) is 3.53. The van der Waals surface area contributed by atoms with E-state index < -0.39 is 0 Å². The highest BCUT2D eigenvalue weighted by atomic mass is 15.3. The molecule has 3 nitrogen and oxygen atoms in total. The fraction of sp³-hybridized carbons (Fsp3) is 0.571. The van der Waals surface area contributed by atoms with Crippen LogP contribution in [0.3, 0.4) is 0 Å². The first-order valence-corrected chi connectivity index (χ1v) is 3.53. The van der Waals surface area contributed by atoms with Crippen molar-refractivity contribution in [2.24, 2.45) is 0 Å². The third-order valence-corrected chi connectivity index (χ3v) is 1.44. The molecule has 0 atom stereocenters. The maximum atomic E-state index is 5.59. The molecule has 0 unspecified atom stereocenters. The van der Waals surface area contributed by atoms with Crippen LogP contribution in [0.1, 0.15) is 19.0 Å². The molecule has 2 N–H and O–H groups in total. The van der Waals surface area contributed by atoms with E-state index in [0.29, 0.717) is 0 Å². The van der Waals surface area contributed by atoms with Crippen LogP contribution in [0.5, 0.6) is 0 Å². The highest BCUT2D eigenvalue weighted by Gasteiger charge is 1.97. The quantitative estimate of drug-likeness (QED) is 0.668. The van der Waals surface area contributed by atoms with Gasteiger partial charge in [0, 0.05) is 12.7 Å². The van der Waals surface area contributed by atoms with Crippen molar-refractivity contribution in [2.75, 3.05) is 5.73 Å². The Bertz CT molecular complexity index is 195. The zero-order chi connectivity index (χ0) is 7.56. The lowest BCUT2D eigenvalue weighted by molar-refractivity contribution is 0.598. The molecule has 56 valence electrons. The van der Waals surface area contributed by atoms with Gasteiger partial charge in [0.25, 0.3) is 0 Å². The van der Waals surface area contributed by atoms with E-state index in [-0.39, 0.29) is 0 Å². The van der Waals surface area contributed by atoms with Gasteiger partial charge in [0.05, 0.1) is 11.4 Å². The summed E-state index contributed by atoms with van der Waals surface area (Å²) in [5.41, 5.74) is 7.30. The molecule has 0 spiro atoms. The molecule has 0 fully saturated rings. The van der Waals surface area contributed by atoms with Crippen molar-refractivity contribution < 1.29 is 0 Å². The Morgan fingerprint density at radius 2 is 2.40 bits per heavy atom. The summed E-state index contributed by atoms with van der Waals surface area (Å²) in [4.78, 5) is 0. The summed E-state index contributed by atoms with van der Waals surface area (Å²) >= 11 is 0. The largest absolute Gasteiger partial charge is 0.396 e. The molecule has 0 radical (unpaired) electrons. The maximum absolute atomic E-state index is 5.59. The van der Waals surface area contributed by atoms with E-state index in [1.807, 2.05) is 17.8 Å². The van der Waals surface area contributed by atoms with Gasteiger partial charge in [0.15, 0.2) is 0 Å². The lowest BCUT2D eigenvalue weighted by Gasteiger charge is -1.93. The number of rotatable bonds is 2. The van der Waals surface area contributed by atoms with Crippen molar-refractivity contribution in [2.45, 2.75) is 26.8 Å². The number of aromatic nitrogens is 2. The summed E-state index contributed by atoms with van der Waals surface area (Å²) in [7, 11) is 0. The summed E-state index contributed by atoms with van der Waals surface area (Å²) in [6.07, 6.45) is 2.97. The first kappa shape index (κ1) is 7.12. The van der Waals surface area contributed by atoms with Crippen molar-refractivity contribution in [3.05, 3.63) is 11.9 Å². The Labute approximate surface area is 60.8 Å². The van der Waals surface area contributed by atoms with E-state index in [9.17, 15) is 0 Å². The number of nitrogen functional groups attached to an aromatic ring is 1. The topological polar surface area (TPSA) is 43.8 Å². The van der Waals surface area contributed by atoms with Crippen LogP contribution in [0.4, 0.5) is 5.69 Å². The van der Waals surface area contributed by atoms with Gasteiger partial charge in [0.1, 0.15) is 0 Å². The lowest BCUT2D eigenvalue weighted by Crippen LogP contribution is -1.96. The summed E-state index contributed by atoms with van der Waals surface area (Å²) in [6.45, 7) is 4.99. The number of hydrogen-bond donors (Lipinski definition) is 1. The van der Waals surface area contributed by atoms with E-state index in [1.54, 1.807) is 0 Å². The number of anilines is 1. The standard InChI is InChI=1S/C7H13N3/c1-3-4-10-5-7(8)6(2)9-10/h5H,3-4,8H2,1-2H3. The van der Waals surface area contributed by atoms with Gasteiger partial charge in [0.2, 0.25) is 0 Å². The van der Waals surface area contributed by atoms with E-state index >= 15 is 0 Å². The molecule has 1 aromatic rings. The van der Waals surface area contributed by atoms with Gasteiger partial charge in [-0.25, -0.2) is 0 Å². The highest BCUT2D eigenvalue weighted by molar-refractivity contribution is 5.39. The van der Waals surface area contributed by atoms with Crippen LogP contribution < -0.4 is 5.73 Å². The van der Waals surface area contributed by atoms with Crippen molar-refractivity contribution in [1.29, 1.82) is 0 Å². The van der Waals surface area contributed by atoms with Gasteiger partial charge in [-0.1, -0.05) is 6.92 Å². The minimum atomic E-state index is 0.786. The minimum absolute atomic E-state index is 0.786. The van der Waals surface area contributed by atoms with E-state index in [2.05, 4.69) is 12.0 Å². The van der Waals surface area contributed by atoms with E-state index in [0.717, 1.165) is 24.3 Å². The maximum Gasteiger partial charge on any atom is 0.0822 e. The average molecular weight is 139 g/mol. The molecule has 1 rings (SSSR count). The molecular formula is C7H13N3. The predicted octanol–water partition coefficient (Wildman–Crippen LogP) is 1.18. The molecule has 1 aromatic heterocycles. The van der Waals surface area contributed by atoms with E-state index in [4.69, 9.17) is 5.73 Å². The van der Waals surface area contributed by atoms with Crippen molar-refractivity contribution in [1.82, 2.24) is 9.78 Å². The van der Waals surface area contributed by atoms with Gasteiger partial charge in [-0.2, -0.15) is 5.10 Å². The summed E-state index contributed by atoms with van der Waals surface area (Å²) in [5, 5.41) is 4.19. The highest BCUT2D eigenvalue weighted by Crippen LogP contribution is 2.06. The molecule has 0 aliphatic heterocycles. The lowest BCUT2D eigenvalue weighted by atomic mass is 10.4. The summed E-state index contributed by atoms with van der Waals surface area (Å²) in [6, 6.07) is 0. The normalized spacial score (nSPS) is 10.2. The second kappa shape index (κ2) is 2.73. The van der Waals surface area contributed by atoms with Crippen molar-refractivity contribution >= 4 is 5.69 Å². The van der Waals surface area contributed by atoms with Crippen LogP contribution in [-0.4, -0.2) is 9.78 Å². The van der Waals surface area contributed by atoms with Crippen LogP contribution >= 0.6 is 0 Å². The Morgan fingerprint density at radius 1 is 1.70 bits per heavy atom. The summed E-state index contributed by atoms with van der Waals surface area (Å²) < 4.78 is 1.88. The molecule has 10 heavy (non-hydrogen) atoms. The molecule has 3 heteroatoms. The molecule has 0 aromatic carbocycles. The second-order valence-electron chi connectivity index (χ2n) is 2.43. The molecule has 0 amide bonds. The molecule has 0 bridgehead atoms. The molecule has 0 saturated carbocycles. The summed E-state index contributed by atoms with van der Waals surface area (Å²) in [5.74, 6) is 0. The Balaban J connectivity index is 2.77. The zero-order valence-corrected chi connectivity index (χ0v) is 6.46. The number of aryl methyl sites for hydroxylation is 2. The Hall–Kier alpha value is -0.990. The van der Waals surface area contributed by atoms with Gasteiger partial charge in [-0.05, 0) is 13.3 Å². The number of nitrogens with zero attached hydrogens (tertiary/aromatic N) is 2. The van der Waals surface area contributed by atoms with Crippen LogP contribution in [0.15, 0.2) is 6.20 Å². The van der Waals surface area contributed by atoms with Crippen LogP contribution in [0, 0.1) is 6.92 Å². The smallest absolute Gasteiger partial charge is 0.0822 e. The first-order chi connectivity index (χ1) is 4.74. The zero-order valence-electron chi connectivity index (χ0n) is 6.46. The molecule has 0 aliphatic carbocycles. The van der Waals surface area contributed by atoms with Crippen molar-refractivity contribution in [3.8, 4) is 0 Å². The third-order valence-electron chi connectivity index (χ3n) is 1.44. The fourth-order valence-electron chi connectivity index (χ4n) is 0.877. The average Bonchev–Trinajstić information content (AvgIpc) is 2.14. The number of hydrogen-bond acceptors (Lipinski definition) is 2.